The van der Waals surface area contributed by atoms with Crippen LogP contribution < -0.4 is 16.4 Å². The van der Waals surface area contributed by atoms with E-state index in [4.69, 9.17) is 10.5 Å². The van der Waals surface area contributed by atoms with Gasteiger partial charge in [-0.3, -0.25) is 19.2 Å². The maximum Gasteiger partial charge on any atom is 0.408 e. The topological polar surface area (TPSA) is 148 Å². The van der Waals surface area contributed by atoms with Gasteiger partial charge in [-0.05, 0) is 42.9 Å². The van der Waals surface area contributed by atoms with Gasteiger partial charge in [0.25, 0.3) is 5.91 Å². The summed E-state index contributed by atoms with van der Waals surface area (Å²) in [5, 5.41) is 5.34. The maximum atomic E-state index is 13.7. The van der Waals surface area contributed by atoms with E-state index in [2.05, 4.69) is 10.6 Å². The first kappa shape index (κ1) is 27.6. The number of likely N-dealkylation sites (tertiary alicyclic amines) is 1. The highest BCUT2D eigenvalue weighted by atomic mass is 16.6. The van der Waals surface area contributed by atoms with Crippen molar-refractivity contribution in [1.29, 1.82) is 0 Å². The summed E-state index contributed by atoms with van der Waals surface area (Å²) in [6.45, 7) is 15.2. The number of nitrogens with zero attached hydrogens (tertiary/aromatic N) is 1. The summed E-state index contributed by atoms with van der Waals surface area (Å²) in [5.74, 6) is -2.81. The Labute approximate surface area is 201 Å². The highest BCUT2D eigenvalue weighted by Gasteiger charge is 2.69. The molecular formula is C24H40N4O6. The molecule has 0 aromatic carbocycles. The highest BCUT2D eigenvalue weighted by molar-refractivity contribution is 6.37. The van der Waals surface area contributed by atoms with E-state index in [1.54, 1.807) is 13.8 Å². The molecule has 1 aliphatic heterocycles. The Kier molecular flexibility index (Phi) is 8.05. The second-order valence-electron chi connectivity index (χ2n) is 11.4. The minimum absolute atomic E-state index is 0.0920. The molecule has 4 N–H and O–H groups in total. The monoisotopic (exact) mass is 480 g/mol. The van der Waals surface area contributed by atoms with Crippen LogP contribution >= 0.6 is 0 Å². The van der Waals surface area contributed by atoms with Crippen LogP contribution in [-0.2, 0) is 23.9 Å². The van der Waals surface area contributed by atoms with E-state index in [9.17, 15) is 24.0 Å². The van der Waals surface area contributed by atoms with Gasteiger partial charge in [-0.1, -0.05) is 48.0 Å². The molecule has 1 saturated carbocycles. The fourth-order valence-electron chi connectivity index (χ4n) is 4.98. The van der Waals surface area contributed by atoms with Crippen molar-refractivity contribution in [1.82, 2.24) is 15.5 Å². The number of primary amides is 1. The minimum atomic E-state index is -1.11. The van der Waals surface area contributed by atoms with Crippen LogP contribution in [0.15, 0.2) is 0 Å². The number of ether oxygens (including phenoxy) is 1. The van der Waals surface area contributed by atoms with Gasteiger partial charge in [0.05, 0.1) is 12.1 Å². The summed E-state index contributed by atoms with van der Waals surface area (Å²) < 4.78 is 5.17. The van der Waals surface area contributed by atoms with Crippen molar-refractivity contribution in [2.24, 2.45) is 28.4 Å². The molecule has 192 valence electrons. The Morgan fingerprint density at radius 1 is 1.12 bits per heavy atom. The number of hydrogen-bond donors (Lipinski definition) is 3. The quantitative estimate of drug-likeness (QED) is 0.424. The average Bonchev–Trinajstić information content (AvgIpc) is 3.04. The van der Waals surface area contributed by atoms with E-state index in [0.29, 0.717) is 13.0 Å². The van der Waals surface area contributed by atoms with Crippen molar-refractivity contribution in [2.45, 2.75) is 92.5 Å². The van der Waals surface area contributed by atoms with E-state index in [1.165, 1.54) is 4.90 Å². The fraction of sp³-hybridized carbons (Fsp3) is 0.792. The van der Waals surface area contributed by atoms with Crippen molar-refractivity contribution in [3.05, 3.63) is 0 Å². The molecule has 5 atom stereocenters. The van der Waals surface area contributed by atoms with E-state index >= 15 is 0 Å². The van der Waals surface area contributed by atoms with Gasteiger partial charge in [0.2, 0.25) is 17.6 Å². The number of alkyl carbamates (subject to hydrolysis) is 1. The number of piperidine rings is 1. The number of nitrogens with two attached hydrogens (primary N) is 1. The predicted octanol–water partition coefficient (Wildman–Crippen LogP) is 1.36. The van der Waals surface area contributed by atoms with E-state index in [1.807, 2.05) is 41.5 Å². The number of hydrogen-bond acceptors (Lipinski definition) is 6. The van der Waals surface area contributed by atoms with Gasteiger partial charge in [0.1, 0.15) is 12.1 Å². The van der Waals surface area contributed by atoms with Crippen LogP contribution in [0.4, 0.5) is 4.79 Å². The summed E-state index contributed by atoms with van der Waals surface area (Å²) >= 11 is 0. The molecule has 1 aliphatic carbocycles. The number of Topliss-reactive ketones (excluding diaryl/α,β-unsaturated/α-hetero) is 1. The maximum absolute atomic E-state index is 13.7. The number of nitrogens with one attached hydrogen (secondary N) is 2. The second-order valence-corrected chi connectivity index (χ2v) is 11.4. The molecule has 0 radical (unpaired) electrons. The lowest BCUT2D eigenvalue weighted by molar-refractivity contribution is -0.145. The number of rotatable bonds is 9. The Bertz CT molecular complexity index is 847. The molecule has 4 amide bonds. The molecule has 10 nitrogen and oxygen atoms in total. The van der Waals surface area contributed by atoms with Gasteiger partial charge >= 0.3 is 6.09 Å². The normalized spacial score (nSPS) is 24.6. The zero-order chi connectivity index (χ0) is 26.2. The summed E-state index contributed by atoms with van der Waals surface area (Å²) in [7, 11) is 0. The van der Waals surface area contributed by atoms with Crippen molar-refractivity contribution >= 4 is 29.6 Å². The second kappa shape index (κ2) is 9.92. The van der Waals surface area contributed by atoms with Crippen LogP contribution in [0, 0.1) is 22.7 Å². The summed E-state index contributed by atoms with van der Waals surface area (Å²) in [6.07, 6.45) is -0.237. The van der Waals surface area contributed by atoms with Crippen molar-refractivity contribution in [3.63, 3.8) is 0 Å². The van der Waals surface area contributed by atoms with E-state index in [0.717, 1.165) is 0 Å². The lowest BCUT2D eigenvalue weighted by Crippen LogP contribution is -2.60. The van der Waals surface area contributed by atoms with E-state index < -0.39 is 47.2 Å². The summed E-state index contributed by atoms with van der Waals surface area (Å²) in [4.78, 5) is 64.6. The highest BCUT2D eigenvalue weighted by Crippen LogP contribution is 2.65. The van der Waals surface area contributed by atoms with Crippen LogP contribution in [0.2, 0.25) is 0 Å². The van der Waals surface area contributed by atoms with Crippen molar-refractivity contribution in [3.8, 4) is 0 Å². The number of carbonyl (C=O) groups is 5. The molecular weight excluding hydrogens is 440 g/mol. The van der Waals surface area contributed by atoms with Gasteiger partial charge in [0.15, 0.2) is 0 Å². The summed E-state index contributed by atoms with van der Waals surface area (Å²) in [6, 6.07) is -2.78. The molecule has 0 spiro atoms. The third-order valence-corrected chi connectivity index (χ3v) is 6.93. The Hall–Kier alpha value is -2.65. The third kappa shape index (κ3) is 5.70. The van der Waals surface area contributed by atoms with Crippen LogP contribution in [0.5, 0.6) is 0 Å². The Morgan fingerprint density at radius 2 is 1.71 bits per heavy atom. The molecule has 34 heavy (non-hydrogen) atoms. The molecule has 2 rings (SSSR count). The molecule has 0 aromatic heterocycles. The zero-order valence-electron chi connectivity index (χ0n) is 21.6. The van der Waals surface area contributed by atoms with Crippen molar-refractivity contribution in [2.75, 3.05) is 6.54 Å². The molecule has 1 heterocycles. The molecule has 1 saturated heterocycles. The molecule has 2 fully saturated rings. The molecule has 2 aliphatic rings. The van der Waals surface area contributed by atoms with Crippen LogP contribution in [-0.4, -0.2) is 65.3 Å². The van der Waals surface area contributed by atoms with Crippen LogP contribution in [0.25, 0.3) is 0 Å². The lowest BCUT2D eigenvalue weighted by Gasteiger charge is -2.37. The van der Waals surface area contributed by atoms with Gasteiger partial charge in [-0.15, -0.1) is 0 Å². The average molecular weight is 481 g/mol. The summed E-state index contributed by atoms with van der Waals surface area (Å²) in [5.41, 5.74) is 4.37. The zero-order valence-corrected chi connectivity index (χ0v) is 21.6. The van der Waals surface area contributed by atoms with Gasteiger partial charge in [-0.25, -0.2) is 4.79 Å². The number of fused-ring (bicyclic) bond motifs is 1. The van der Waals surface area contributed by atoms with Crippen molar-refractivity contribution < 1.29 is 28.7 Å². The van der Waals surface area contributed by atoms with E-state index in [-0.39, 0.29) is 35.7 Å². The number of amides is 4. The van der Waals surface area contributed by atoms with Crippen LogP contribution in [0.3, 0.4) is 0 Å². The smallest absolute Gasteiger partial charge is 0.408 e. The number of ketones is 1. The largest absolute Gasteiger partial charge is 0.447 e. The fourth-order valence-corrected chi connectivity index (χ4v) is 4.98. The molecule has 10 heteroatoms. The standard InChI is InChI=1S/C24H40N4O6/c1-9-10-14(17(29)19(25)30)26-20(31)16-15-13(24(15,7)8)11-28(16)21(32)18(23(4,5)6)27-22(33)34-12(2)3/h12-16,18H,9-11H2,1-8H3,(H2,25,30)(H,26,31)(H,27,33)/t13-,14?,15-,16-,18+/m0/s1. The first-order valence-electron chi connectivity index (χ1n) is 12.0. The predicted molar refractivity (Wildman–Crippen MR) is 125 cm³/mol. The third-order valence-electron chi connectivity index (χ3n) is 6.93. The van der Waals surface area contributed by atoms with Gasteiger partial charge in [-0.2, -0.15) is 0 Å². The first-order chi connectivity index (χ1) is 15.5. The first-order valence-corrected chi connectivity index (χ1v) is 12.0. The molecule has 0 bridgehead atoms. The SMILES string of the molecule is CCCC(NC(=O)[C@@H]1[C@@H]2[C@H](CN1C(=O)[C@@H](NC(=O)OC(C)C)C(C)(C)C)C2(C)C)C(=O)C(N)=O. The minimum Gasteiger partial charge on any atom is -0.447 e. The van der Waals surface area contributed by atoms with Gasteiger partial charge in [0, 0.05) is 6.54 Å². The Morgan fingerprint density at radius 3 is 2.18 bits per heavy atom. The lowest BCUT2D eigenvalue weighted by atomic mass is 9.85. The van der Waals surface area contributed by atoms with Gasteiger partial charge < -0.3 is 26.0 Å². The molecule has 1 unspecified atom stereocenters. The Balaban J connectivity index is 2.31. The number of carbonyl (C=O) groups excluding carboxylic acids is 5. The molecule has 0 aromatic rings. The van der Waals surface area contributed by atoms with Crippen LogP contribution in [0.1, 0.15) is 68.2 Å².